The largest absolute Gasteiger partial charge is 0.489 e. The second kappa shape index (κ2) is 8.50. The van der Waals surface area contributed by atoms with Gasteiger partial charge in [0.1, 0.15) is 35.3 Å². The van der Waals surface area contributed by atoms with Crippen LogP contribution in [0.15, 0.2) is 74.3 Å². The van der Waals surface area contributed by atoms with E-state index in [2.05, 4.69) is 15.9 Å². The Morgan fingerprint density at radius 2 is 1.90 bits per heavy atom. The average molecular weight is 490 g/mol. The van der Waals surface area contributed by atoms with Crippen molar-refractivity contribution in [3.63, 3.8) is 0 Å². The summed E-state index contributed by atoms with van der Waals surface area (Å²) in [6, 6.07) is 16.5. The van der Waals surface area contributed by atoms with Crippen LogP contribution in [-0.2, 0) is 6.61 Å². The Morgan fingerprint density at radius 1 is 1.10 bits per heavy atom. The maximum absolute atomic E-state index is 13.9. The summed E-state index contributed by atoms with van der Waals surface area (Å²) in [6.07, 6.45) is 0. The molecule has 0 radical (unpaired) electrons. The van der Waals surface area contributed by atoms with Crippen molar-refractivity contribution < 1.29 is 18.3 Å². The predicted molar refractivity (Wildman–Crippen MR) is 117 cm³/mol. The molecule has 0 aliphatic rings. The number of para-hydroxylation sites is 1. The minimum Gasteiger partial charge on any atom is -0.489 e. The first-order valence-electron chi connectivity index (χ1n) is 8.99. The summed E-state index contributed by atoms with van der Waals surface area (Å²) in [4.78, 5) is 12.9. The highest BCUT2D eigenvalue weighted by atomic mass is 79.9. The van der Waals surface area contributed by atoms with E-state index in [4.69, 9.17) is 25.5 Å². The fraction of sp³-hybridized carbons (Fsp3) is 0.0870. The van der Waals surface area contributed by atoms with Crippen molar-refractivity contribution in [2.45, 2.75) is 13.5 Å². The minimum absolute atomic E-state index is 0.0521. The highest BCUT2D eigenvalue weighted by molar-refractivity contribution is 9.10. The Kier molecular flexibility index (Phi) is 5.79. The van der Waals surface area contributed by atoms with E-state index in [9.17, 15) is 9.18 Å². The van der Waals surface area contributed by atoms with Crippen LogP contribution in [0, 0.1) is 12.7 Å². The standard InChI is InChI=1S/C23H15BrClFO4/c1-13-23(30-20-8-3-2-5-17(20)24)22(27)15-10-9-14(11-21(15)29-13)28-12-16-18(25)6-4-7-19(16)26/h2-11H,12H2,1H3. The van der Waals surface area contributed by atoms with E-state index in [1.807, 2.05) is 18.2 Å². The first kappa shape index (κ1) is 20.4. The molecule has 0 saturated carbocycles. The zero-order chi connectivity index (χ0) is 21.3. The van der Waals surface area contributed by atoms with Gasteiger partial charge in [0.05, 0.1) is 14.9 Å². The second-order valence-corrected chi connectivity index (χ2v) is 7.76. The molecule has 4 nitrogen and oxygen atoms in total. The molecule has 1 heterocycles. The van der Waals surface area contributed by atoms with Gasteiger partial charge >= 0.3 is 0 Å². The van der Waals surface area contributed by atoms with Gasteiger partial charge in [-0.15, -0.1) is 0 Å². The summed E-state index contributed by atoms with van der Waals surface area (Å²) in [5, 5.41) is 0.631. The molecular weight excluding hydrogens is 475 g/mol. The highest BCUT2D eigenvalue weighted by Gasteiger charge is 2.16. The third-order valence-corrected chi connectivity index (χ3v) is 5.49. The molecule has 0 N–H and O–H groups in total. The Balaban J connectivity index is 1.64. The molecule has 0 amide bonds. The van der Waals surface area contributed by atoms with E-state index >= 15 is 0 Å². The van der Waals surface area contributed by atoms with E-state index in [1.54, 1.807) is 37.3 Å². The molecule has 3 aromatic carbocycles. The van der Waals surface area contributed by atoms with Crippen molar-refractivity contribution in [1.82, 2.24) is 0 Å². The summed E-state index contributed by atoms with van der Waals surface area (Å²) < 4.78 is 31.9. The third-order valence-electron chi connectivity index (χ3n) is 4.48. The van der Waals surface area contributed by atoms with Crippen LogP contribution < -0.4 is 14.9 Å². The van der Waals surface area contributed by atoms with Crippen molar-refractivity contribution in [2.24, 2.45) is 0 Å². The number of ether oxygens (including phenoxy) is 2. The van der Waals surface area contributed by atoms with Gasteiger partial charge in [0.15, 0.2) is 0 Å². The number of hydrogen-bond acceptors (Lipinski definition) is 4. The summed E-state index contributed by atoms with van der Waals surface area (Å²) >= 11 is 9.43. The molecule has 0 spiro atoms. The Labute approximate surface area is 184 Å². The molecule has 0 fully saturated rings. The summed E-state index contributed by atoms with van der Waals surface area (Å²) in [5.41, 5.74) is 0.302. The van der Waals surface area contributed by atoms with Crippen LogP contribution in [0.3, 0.4) is 0 Å². The van der Waals surface area contributed by atoms with Crippen LogP contribution in [-0.4, -0.2) is 0 Å². The number of benzene rings is 3. The van der Waals surface area contributed by atoms with Crippen molar-refractivity contribution >= 4 is 38.5 Å². The van der Waals surface area contributed by atoms with Crippen LogP contribution in [0.5, 0.6) is 17.2 Å². The van der Waals surface area contributed by atoms with Crippen LogP contribution in [0.4, 0.5) is 4.39 Å². The first-order valence-corrected chi connectivity index (χ1v) is 10.2. The molecule has 0 unspecified atom stereocenters. The quantitative estimate of drug-likeness (QED) is 0.302. The fourth-order valence-electron chi connectivity index (χ4n) is 2.94. The lowest BCUT2D eigenvalue weighted by molar-refractivity contribution is 0.300. The van der Waals surface area contributed by atoms with Gasteiger partial charge in [0.25, 0.3) is 0 Å². The molecule has 7 heteroatoms. The first-order chi connectivity index (χ1) is 14.4. The molecule has 30 heavy (non-hydrogen) atoms. The second-order valence-electron chi connectivity index (χ2n) is 6.50. The molecule has 1 aromatic heterocycles. The third kappa shape index (κ3) is 4.06. The molecule has 152 valence electrons. The molecule has 0 bridgehead atoms. The SMILES string of the molecule is Cc1oc2cc(OCc3c(F)cccc3Cl)ccc2c(=O)c1Oc1ccccc1Br. The van der Waals surface area contributed by atoms with Crippen molar-refractivity contribution in [3.8, 4) is 17.2 Å². The summed E-state index contributed by atoms with van der Waals surface area (Å²) in [5.74, 6) is 0.927. The van der Waals surface area contributed by atoms with Gasteiger partial charge in [-0.3, -0.25) is 4.79 Å². The van der Waals surface area contributed by atoms with Crippen LogP contribution in [0.1, 0.15) is 11.3 Å². The Morgan fingerprint density at radius 3 is 2.67 bits per heavy atom. The van der Waals surface area contributed by atoms with Crippen molar-refractivity contribution in [3.05, 3.63) is 97.5 Å². The molecule has 0 aliphatic heterocycles. The fourth-order valence-corrected chi connectivity index (χ4v) is 3.52. The molecular formula is C23H15BrClFO4. The summed E-state index contributed by atoms with van der Waals surface area (Å²) in [7, 11) is 0. The van der Waals surface area contributed by atoms with Gasteiger partial charge < -0.3 is 13.9 Å². The minimum atomic E-state index is -0.445. The van der Waals surface area contributed by atoms with Gasteiger partial charge in [-0.2, -0.15) is 0 Å². The van der Waals surface area contributed by atoms with E-state index in [-0.39, 0.29) is 28.4 Å². The van der Waals surface area contributed by atoms with Gasteiger partial charge in [0.2, 0.25) is 11.2 Å². The van der Waals surface area contributed by atoms with Crippen molar-refractivity contribution in [2.75, 3.05) is 0 Å². The number of hydrogen-bond donors (Lipinski definition) is 0. The zero-order valence-electron chi connectivity index (χ0n) is 15.7. The van der Waals surface area contributed by atoms with E-state index in [0.29, 0.717) is 28.2 Å². The van der Waals surface area contributed by atoms with Crippen LogP contribution >= 0.6 is 27.5 Å². The average Bonchev–Trinajstić information content (AvgIpc) is 2.72. The van der Waals surface area contributed by atoms with E-state index < -0.39 is 5.82 Å². The lowest BCUT2D eigenvalue weighted by Gasteiger charge is -2.11. The van der Waals surface area contributed by atoms with Gasteiger partial charge in [-0.1, -0.05) is 29.8 Å². The highest BCUT2D eigenvalue weighted by Crippen LogP contribution is 2.31. The Bertz CT molecular complexity index is 1280. The lowest BCUT2D eigenvalue weighted by Crippen LogP contribution is -2.08. The van der Waals surface area contributed by atoms with Gasteiger partial charge in [-0.05, 0) is 59.3 Å². The number of halogens is 3. The molecule has 0 saturated heterocycles. The van der Waals surface area contributed by atoms with Crippen LogP contribution in [0.25, 0.3) is 11.0 Å². The monoisotopic (exact) mass is 488 g/mol. The summed E-state index contributed by atoms with van der Waals surface area (Å²) in [6.45, 7) is 1.60. The van der Waals surface area contributed by atoms with Crippen molar-refractivity contribution in [1.29, 1.82) is 0 Å². The number of fused-ring (bicyclic) bond motifs is 1. The van der Waals surface area contributed by atoms with Crippen LogP contribution in [0.2, 0.25) is 5.02 Å². The molecule has 0 aliphatic carbocycles. The molecule has 0 atom stereocenters. The zero-order valence-corrected chi connectivity index (χ0v) is 18.1. The van der Waals surface area contributed by atoms with E-state index in [1.165, 1.54) is 12.1 Å². The predicted octanol–water partition coefficient (Wildman–Crippen LogP) is 7.03. The van der Waals surface area contributed by atoms with E-state index in [0.717, 1.165) is 4.47 Å². The van der Waals surface area contributed by atoms with Gasteiger partial charge in [-0.25, -0.2) is 4.39 Å². The normalized spacial score (nSPS) is 10.9. The lowest BCUT2D eigenvalue weighted by atomic mass is 10.2. The number of rotatable bonds is 5. The van der Waals surface area contributed by atoms with Gasteiger partial charge in [0, 0.05) is 11.6 Å². The molecule has 4 aromatic rings. The maximum atomic E-state index is 13.9. The molecule has 4 rings (SSSR count). The maximum Gasteiger partial charge on any atom is 0.235 e. The Hall–Kier alpha value is -2.83. The number of aryl methyl sites for hydroxylation is 1. The smallest absolute Gasteiger partial charge is 0.235 e. The topological polar surface area (TPSA) is 48.7 Å².